The first-order valence-corrected chi connectivity index (χ1v) is 8.52. The van der Waals surface area contributed by atoms with Crippen LogP contribution in [0.25, 0.3) is 0 Å². The molecule has 2 aromatic rings. The predicted molar refractivity (Wildman–Crippen MR) is 104 cm³/mol. The van der Waals surface area contributed by atoms with Gasteiger partial charge < -0.3 is 10.6 Å². The van der Waals surface area contributed by atoms with E-state index >= 15 is 0 Å². The molecule has 0 aromatic carbocycles. The Labute approximate surface area is 161 Å². The summed E-state index contributed by atoms with van der Waals surface area (Å²) >= 11 is 2.68. The smallest absolute Gasteiger partial charge is 0.267 e. The lowest BCUT2D eigenvalue weighted by molar-refractivity contribution is -0.130. The molecule has 6 nitrogen and oxygen atoms in total. The van der Waals surface area contributed by atoms with Crippen LogP contribution < -0.4 is 11.1 Å². The molecule has 1 unspecified atom stereocenters. The molecule has 0 spiro atoms. The summed E-state index contributed by atoms with van der Waals surface area (Å²) in [7, 11) is 1.73. The van der Waals surface area contributed by atoms with E-state index in [1.54, 1.807) is 23.4 Å². The summed E-state index contributed by atoms with van der Waals surface area (Å²) in [4.78, 5) is 30.5. The molecule has 0 saturated carbocycles. The number of hydrogen-bond donors (Lipinski definition) is 2. The molecular weight excluding hydrogens is 391 g/mol. The number of anilines is 1. The highest BCUT2D eigenvalue weighted by atomic mass is 35.5. The fourth-order valence-corrected chi connectivity index (χ4v) is 3.02. The van der Waals surface area contributed by atoms with Crippen molar-refractivity contribution in [1.29, 1.82) is 0 Å². The van der Waals surface area contributed by atoms with E-state index in [-0.39, 0.29) is 49.1 Å². The number of aromatic nitrogens is 1. The first kappa shape index (κ1) is 22.8. The lowest BCUT2D eigenvalue weighted by Gasteiger charge is -2.23. The molecule has 10 heteroatoms. The number of nitrogens with zero attached hydrogens (tertiary/aromatic N) is 2. The number of likely N-dealkylation sites (N-methyl/N-ethyl adjacent to an activating group) is 1. The molecule has 1 atom stereocenters. The van der Waals surface area contributed by atoms with Crippen molar-refractivity contribution in [2.24, 2.45) is 5.73 Å². The molecule has 0 saturated heterocycles. The minimum Gasteiger partial charge on any atom is -0.341 e. The number of thiazole rings is 1. The van der Waals surface area contributed by atoms with Crippen LogP contribution in [0.15, 0.2) is 22.9 Å². The number of nitrogens with one attached hydrogen (secondary N) is 1. The monoisotopic (exact) mass is 410 g/mol. The molecule has 134 valence electrons. The van der Waals surface area contributed by atoms with Crippen LogP contribution >= 0.6 is 47.5 Å². The Hall–Kier alpha value is -1.19. The lowest BCUT2D eigenvalue weighted by atomic mass is 10.2. The number of carbonyl (C=O) groups is 2. The highest BCUT2D eigenvalue weighted by Crippen LogP contribution is 2.18. The number of thiophene rings is 1. The van der Waals surface area contributed by atoms with Crippen molar-refractivity contribution in [2.45, 2.75) is 19.4 Å². The predicted octanol–water partition coefficient (Wildman–Crippen LogP) is 2.65. The van der Waals surface area contributed by atoms with Gasteiger partial charge in [0.25, 0.3) is 5.91 Å². The molecule has 0 aliphatic rings. The van der Waals surface area contributed by atoms with Gasteiger partial charge in [0, 0.05) is 25.0 Å². The summed E-state index contributed by atoms with van der Waals surface area (Å²) in [6.45, 7) is 2.31. The van der Waals surface area contributed by atoms with Crippen LogP contribution in [-0.4, -0.2) is 41.3 Å². The second kappa shape index (κ2) is 10.6. The van der Waals surface area contributed by atoms with Crippen LogP contribution in [-0.2, 0) is 11.2 Å². The molecule has 2 amide bonds. The van der Waals surface area contributed by atoms with E-state index in [1.165, 1.54) is 22.7 Å². The highest BCUT2D eigenvalue weighted by molar-refractivity contribution is 7.14. The van der Waals surface area contributed by atoms with Gasteiger partial charge in [-0.3, -0.25) is 14.9 Å². The van der Waals surface area contributed by atoms with Gasteiger partial charge in [0.05, 0.1) is 17.0 Å². The number of nitrogens with two attached hydrogens (primary N) is 1. The first-order valence-electron chi connectivity index (χ1n) is 6.76. The average molecular weight is 411 g/mol. The number of rotatable bonds is 6. The zero-order valence-electron chi connectivity index (χ0n) is 13.2. The van der Waals surface area contributed by atoms with Crippen LogP contribution in [0.5, 0.6) is 0 Å². The van der Waals surface area contributed by atoms with Gasteiger partial charge in [-0.1, -0.05) is 6.07 Å². The Morgan fingerprint density at radius 1 is 1.38 bits per heavy atom. The molecule has 2 rings (SSSR count). The Morgan fingerprint density at radius 2 is 2.08 bits per heavy atom. The van der Waals surface area contributed by atoms with E-state index in [0.717, 1.165) is 0 Å². The van der Waals surface area contributed by atoms with Crippen LogP contribution in [0.3, 0.4) is 0 Å². The Balaban J connectivity index is 0.00000264. The van der Waals surface area contributed by atoms with Crippen molar-refractivity contribution in [1.82, 2.24) is 9.88 Å². The number of amides is 2. The Morgan fingerprint density at radius 3 is 2.67 bits per heavy atom. The summed E-state index contributed by atoms with van der Waals surface area (Å²) in [5.74, 6) is -0.226. The van der Waals surface area contributed by atoms with Gasteiger partial charge in [-0.2, -0.15) is 0 Å². The quantitative estimate of drug-likeness (QED) is 0.765. The fraction of sp³-hybridized carbons (Fsp3) is 0.357. The third kappa shape index (κ3) is 6.03. The Bertz CT molecular complexity index is 649. The second-order valence-corrected chi connectivity index (χ2v) is 6.65. The second-order valence-electron chi connectivity index (χ2n) is 4.84. The van der Waals surface area contributed by atoms with Crippen molar-refractivity contribution in [2.75, 3.05) is 18.9 Å². The molecule has 0 aliphatic heterocycles. The van der Waals surface area contributed by atoms with Crippen LogP contribution in [0.1, 0.15) is 22.3 Å². The van der Waals surface area contributed by atoms with E-state index in [9.17, 15) is 9.59 Å². The van der Waals surface area contributed by atoms with E-state index in [2.05, 4.69) is 10.3 Å². The zero-order chi connectivity index (χ0) is 16.1. The highest BCUT2D eigenvalue weighted by Gasteiger charge is 2.17. The number of carbonyl (C=O) groups excluding carboxylic acids is 2. The summed E-state index contributed by atoms with van der Waals surface area (Å²) in [6.07, 6.45) is 0.201. The molecule has 3 N–H and O–H groups in total. The maximum Gasteiger partial charge on any atom is 0.267 e. The van der Waals surface area contributed by atoms with Crippen molar-refractivity contribution in [3.63, 3.8) is 0 Å². The molecule has 0 radical (unpaired) electrons. The number of hydrogen-bond acceptors (Lipinski definition) is 6. The normalized spacial score (nSPS) is 11.0. The van der Waals surface area contributed by atoms with Crippen molar-refractivity contribution >= 4 is 64.4 Å². The molecule has 24 heavy (non-hydrogen) atoms. The molecule has 0 bridgehead atoms. The van der Waals surface area contributed by atoms with E-state index in [4.69, 9.17) is 5.73 Å². The number of halogens is 2. The molecule has 0 aliphatic carbocycles. The van der Waals surface area contributed by atoms with Gasteiger partial charge in [-0.25, -0.2) is 4.98 Å². The van der Waals surface area contributed by atoms with E-state index in [0.29, 0.717) is 22.2 Å². The van der Waals surface area contributed by atoms with Crippen LogP contribution in [0.4, 0.5) is 5.13 Å². The largest absolute Gasteiger partial charge is 0.341 e. The Kier molecular flexibility index (Phi) is 10.1. The van der Waals surface area contributed by atoms with E-state index < -0.39 is 0 Å². The topological polar surface area (TPSA) is 88.3 Å². The van der Waals surface area contributed by atoms with Crippen LogP contribution in [0.2, 0.25) is 0 Å². The van der Waals surface area contributed by atoms with Crippen molar-refractivity contribution in [3.8, 4) is 0 Å². The summed E-state index contributed by atoms with van der Waals surface area (Å²) in [6, 6.07) is 3.56. The summed E-state index contributed by atoms with van der Waals surface area (Å²) in [5.41, 5.74) is 6.20. The third-order valence-corrected chi connectivity index (χ3v) is 4.92. The van der Waals surface area contributed by atoms with Gasteiger partial charge in [0.1, 0.15) is 0 Å². The van der Waals surface area contributed by atoms with Crippen LogP contribution in [0, 0.1) is 0 Å². The van der Waals surface area contributed by atoms with Gasteiger partial charge >= 0.3 is 0 Å². The maximum atomic E-state index is 12.1. The fourth-order valence-electron chi connectivity index (χ4n) is 1.70. The van der Waals surface area contributed by atoms with Crippen molar-refractivity contribution in [3.05, 3.63) is 33.5 Å². The van der Waals surface area contributed by atoms with Gasteiger partial charge in [0.15, 0.2) is 5.13 Å². The van der Waals surface area contributed by atoms with Gasteiger partial charge in [-0.15, -0.1) is 47.5 Å². The zero-order valence-corrected chi connectivity index (χ0v) is 16.5. The average Bonchev–Trinajstić information content (AvgIpc) is 3.17. The van der Waals surface area contributed by atoms with Gasteiger partial charge in [0.2, 0.25) is 5.91 Å². The SMILES string of the molecule is CC(CN)N(C)C(=O)Cc1csc(NC(=O)c2cccs2)n1.Cl.Cl. The third-order valence-electron chi connectivity index (χ3n) is 3.25. The molecule has 0 fully saturated rings. The molecule has 2 aromatic heterocycles. The van der Waals surface area contributed by atoms with Gasteiger partial charge in [-0.05, 0) is 18.4 Å². The van der Waals surface area contributed by atoms with E-state index in [1.807, 2.05) is 18.4 Å². The maximum absolute atomic E-state index is 12.1. The van der Waals surface area contributed by atoms with Crippen molar-refractivity contribution < 1.29 is 9.59 Å². The minimum atomic E-state index is -0.184. The minimum absolute atomic E-state index is 0. The summed E-state index contributed by atoms with van der Waals surface area (Å²) < 4.78 is 0. The first-order chi connectivity index (χ1) is 10.5. The lowest BCUT2D eigenvalue weighted by Crippen LogP contribution is -2.40. The standard InChI is InChI=1S/C14H18N4O2S2.2ClH/c1-9(7-15)18(2)12(19)6-10-8-22-14(16-10)17-13(20)11-4-3-5-21-11;;/h3-5,8-9H,6-7,15H2,1-2H3,(H,16,17,20);2*1H. The molecular formula is C14H20Cl2N4O2S2. The molecule has 2 heterocycles. The summed E-state index contributed by atoms with van der Waals surface area (Å²) in [5, 5.41) is 6.85.